The van der Waals surface area contributed by atoms with E-state index in [1.807, 2.05) is 6.92 Å². The van der Waals surface area contributed by atoms with Gasteiger partial charge in [-0.1, -0.05) is 6.92 Å². The second-order valence-corrected chi connectivity index (χ2v) is 7.96. The molecule has 0 aliphatic heterocycles. The second-order valence-electron chi connectivity index (χ2n) is 5.98. The molecule has 0 saturated carbocycles. The number of hydrogen-bond acceptors (Lipinski definition) is 4. The minimum absolute atomic E-state index is 0.0549. The average Bonchev–Trinajstić information content (AvgIpc) is 2.59. The molecule has 0 atom stereocenters. The number of halogens is 1. The zero-order valence-electron chi connectivity index (χ0n) is 15.2. The van der Waals surface area contributed by atoms with E-state index in [9.17, 15) is 17.6 Å². The number of anilines is 2. The van der Waals surface area contributed by atoms with Gasteiger partial charge in [0.1, 0.15) is 5.82 Å². The van der Waals surface area contributed by atoms with Crippen LogP contribution in [0.5, 0.6) is 0 Å². The van der Waals surface area contributed by atoms with Crippen molar-refractivity contribution in [3.63, 3.8) is 0 Å². The Balaban J connectivity index is 2.72. The Morgan fingerprint density at radius 3 is 2.26 bits per heavy atom. The van der Waals surface area contributed by atoms with Gasteiger partial charge in [-0.25, -0.2) is 12.8 Å². The predicted octanol–water partition coefficient (Wildman–Crippen LogP) is 1.97. The lowest BCUT2D eigenvalue weighted by Gasteiger charge is -2.24. The predicted molar refractivity (Wildman–Crippen MR) is 104 cm³/mol. The summed E-state index contributed by atoms with van der Waals surface area (Å²) in [5.74, 6) is -1.52. The zero-order valence-corrected chi connectivity index (χ0v) is 16.0. The molecule has 0 aromatic heterocycles. The monoisotopic (exact) mass is 392 g/mol. The number of nitrogens with two attached hydrogens (primary N) is 2. The van der Waals surface area contributed by atoms with Gasteiger partial charge in [-0.3, -0.25) is 4.79 Å². The molecule has 2 rings (SSSR count). The molecule has 9 heteroatoms. The van der Waals surface area contributed by atoms with Crippen LogP contribution in [-0.4, -0.2) is 33.6 Å². The van der Waals surface area contributed by atoms with Gasteiger partial charge in [-0.2, -0.15) is 4.99 Å². The number of hydrogen-bond donors (Lipinski definition) is 2. The van der Waals surface area contributed by atoms with Gasteiger partial charge in [0.15, 0.2) is 15.8 Å². The summed E-state index contributed by atoms with van der Waals surface area (Å²) in [6.45, 7) is 1.82. The van der Waals surface area contributed by atoms with Crippen LogP contribution in [0.4, 0.5) is 15.8 Å². The minimum Gasteiger partial charge on any atom is -0.370 e. The fourth-order valence-corrected chi connectivity index (χ4v) is 3.55. The van der Waals surface area contributed by atoms with Crippen LogP contribution < -0.4 is 16.4 Å². The molecule has 0 saturated heterocycles. The fraction of sp³-hybridized carbons (Fsp3) is 0.222. The second kappa shape index (κ2) is 7.75. The number of carbonyl (C=O) groups is 1. The molecule has 1 amide bonds. The smallest absolute Gasteiger partial charge is 0.280 e. The molecule has 0 spiro atoms. The van der Waals surface area contributed by atoms with Crippen molar-refractivity contribution < 1.29 is 17.6 Å². The van der Waals surface area contributed by atoms with E-state index in [4.69, 9.17) is 11.5 Å². The summed E-state index contributed by atoms with van der Waals surface area (Å²) in [6.07, 6.45) is 1.50. The van der Waals surface area contributed by atoms with E-state index in [1.54, 1.807) is 18.0 Å². The third kappa shape index (κ3) is 4.62. The highest BCUT2D eigenvalue weighted by molar-refractivity contribution is 7.90. The Bertz CT molecular complexity index is 998. The van der Waals surface area contributed by atoms with Gasteiger partial charge < -0.3 is 16.4 Å². The van der Waals surface area contributed by atoms with Crippen LogP contribution in [0.15, 0.2) is 46.3 Å². The van der Waals surface area contributed by atoms with Crippen LogP contribution in [0.2, 0.25) is 0 Å². The molecule has 144 valence electrons. The Kier molecular flexibility index (Phi) is 5.85. The molecule has 27 heavy (non-hydrogen) atoms. The summed E-state index contributed by atoms with van der Waals surface area (Å²) in [6, 6.07) is 8.51. The number of amides is 1. The lowest BCUT2D eigenvalue weighted by atomic mass is 10.0. The van der Waals surface area contributed by atoms with E-state index in [1.165, 1.54) is 30.3 Å². The van der Waals surface area contributed by atoms with E-state index in [0.29, 0.717) is 23.4 Å². The quantitative estimate of drug-likeness (QED) is 0.593. The van der Waals surface area contributed by atoms with Crippen LogP contribution in [0, 0.1) is 5.82 Å². The first kappa shape index (κ1) is 20.4. The Hall–Kier alpha value is -2.94. The lowest BCUT2D eigenvalue weighted by molar-refractivity contribution is 0.100. The lowest BCUT2D eigenvalue weighted by Crippen LogP contribution is -2.24. The van der Waals surface area contributed by atoms with Crippen molar-refractivity contribution in [2.75, 3.05) is 18.2 Å². The average molecular weight is 392 g/mol. The van der Waals surface area contributed by atoms with Crippen molar-refractivity contribution in [2.45, 2.75) is 18.2 Å². The summed E-state index contributed by atoms with van der Waals surface area (Å²) < 4.78 is 37.9. The van der Waals surface area contributed by atoms with Crippen molar-refractivity contribution >= 4 is 33.1 Å². The number of sulfone groups is 1. The molecular formula is C18H21FN4O3S. The minimum atomic E-state index is -3.68. The molecule has 4 N–H and O–H groups in total. The maximum Gasteiger partial charge on any atom is 0.280 e. The number of carbonyl (C=O) groups excluding carboxylic acids is 1. The highest BCUT2D eigenvalue weighted by Gasteiger charge is 2.23. The fourth-order valence-electron chi connectivity index (χ4n) is 2.64. The van der Waals surface area contributed by atoms with Gasteiger partial charge in [0.25, 0.3) is 5.91 Å². The highest BCUT2D eigenvalue weighted by atomic mass is 32.2. The number of benzene rings is 2. The van der Waals surface area contributed by atoms with Gasteiger partial charge in [0, 0.05) is 24.6 Å². The molecule has 0 heterocycles. The van der Waals surface area contributed by atoms with E-state index in [0.717, 1.165) is 6.26 Å². The van der Waals surface area contributed by atoms with E-state index >= 15 is 0 Å². The molecular weight excluding hydrogens is 371 g/mol. The van der Waals surface area contributed by atoms with Crippen molar-refractivity contribution in [1.29, 1.82) is 0 Å². The van der Waals surface area contributed by atoms with Gasteiger partial charge in [-0.05, 0) is 48.4 Å². The SMILES string of the molecule is CCc1cc(N(C)c2ccc(F)cc2)c(S(C)(=O)=O)cc1C(=O)N=C(N)N. The normalized spacial score (nSPS) is 11.1. The first-order valence-corrected chi connectivity index (χ1v) is 9.94. The molecule has 0 aliphatic carbocycles. The zero-order chi connectivity index (χ0) is 20.4. The van der Waals surface area contributed by atoms with E-state index in [-0.39, 0.29) is 10.5 Å². The molecule has 0 aliphatic rings. The summed E-state index contributed by atoms with van der Waals surface area (Å²) in [7, 11) is -2.02. The molecule has 0 radical (unpaired) electrons. The summed E-state index contributed by atoms with van der Waals surface area (Å²) in [5.41, 5.74) is 12.2. The van der Waals surface area contributed by atoms with Gasteiger partial charge >= 0.3 is 0 Å². The summed E-state index contributed by atoms with van der Waals surface area (Å²) in [5, 5.41) is 0. The standard InChI is InChI=1S/C18H21FN4O3S/c1-4-11-9-15(23(2)13-7-5-12(19)6-8-13)16(27(3,25)26)10-14(11)17(24)22-18(20)21/h5-10H,4H2,1-3H3,(H4,20,21,22,24). The van der Waals surface area contributed by atoms with Gasteiger partial charge in [-0.15, -0.1) is 0 Å². The van der Waals surface area contributed by atoms with Crippen LogP contribution in [0.3, 0.4) is 0 Å². The van der Waals surface area contributed by atoms with Crippen LogP contribution >= 0.6 is 0 Å². The highest BCUT2D eigenvalue weighted by Crippen LogP contribution is 2.33. The molecule has 7 nitrogen and oxygen atoms in total. The van der Waals surface area contributed by atoms with Crippen molar-refractivity contribution in [3.05, 3.63) is 53.3 Å². The van der Waals surface area contributed by atoms with E-state index < -0.39 is 27.5 Å². The largest absolute Gasteiger partial charge is 0.370 e. The Morgan fingerprint density at radius 2 is 1.78 bits per heavy atom. The topological polar surface area (TPSA) is 119 Å². The van der Waals surface area contributed by atoms with Gasteiger partial charge in [0.2, 0.25) is 0 Å². The number of aryl methyl sites for hydroxylation is 1. The van der Waals surface area contributed by atoms with Crippen LogP contribution in [-0.2, 0) is 16.3 Å². The molecule has 0 fully saturated rings. The third-order valence-corrected chi connectivity index (χ3v) is 5.13. The number of aliphatic imine (C=N–C) groups is 1. The first-order chi connectivity index (χ1) is 12.5. The van der Waals surface area contributed by atoms with Crippen molar-refractivity contribution in [3.8, 4) is 0 Å². The molecule has 2 aromatic carbocycles. The van der Waals surface area contributed by atoms with E-state index in [2.05, 4.69) is 4.99 Å². The van der Waals surface area contributed by atoms with Gasteiger partial charge in [0.05, 0.1) is 10.6 Å². The summed E-state index contributed by atoms with van der Waals surface area (Å²) in [4.78, 5) is 17.4. The molecule has 2 aromatic rings. The maximum atomic E-state index is 13.2. The summed E-state index contributed by atoms with van der Waals surface area (Å²) >= 11 is 0. The number of nitrogens with zero attached hydrogens (tertiary/aromatic N) is 2. The molecule has 0 unspecified atom stereocenters. The van der Waals surface area contributed by atoms with Crippen LogP contribution in [0.25, 0.3) is 0 Å². The molecule has 0 bridgehead atoms. The number of rotatable bonds is 5. The number of guanidine groups is 1. The van der Waals surface area contributed by atoms with Crippen LogP contribution in [0.1, 0.15) is 22.8 Å². The third-order valence-electron chi connectivity index (χ3n) is 4.00. The van der Waals surface area contributed by atoms with Crippen molar-refractivity contribution in [2.24, 2.45) is 16.5 Å². The maximum absolute atomic E-state index is 13.2. The first-order valence-electron chi connectivity index (χ1n) is 8.04. The van der Waals surface area contributed by atoms with Crippen molar-refractivity contribution in [1.82, 2.24) is 0 Å². The Morgan fingerprint density at radius 1 is 1.19 bits per heavy atom. The Labute approximate surface area is 157 Å².